The van der Waals surface area contributed by atoms with Gasteiger partial charge >= 0.3 is 0 Å². The van der Waals surface area contributed by atoms with E-state index < -0.39 is 0 Å². The van der Waals surface area contributed by atoms with Crippen LogP contribution in [-0.4, -0.2) is 13.4 Å². The zero-order chi connectivity index (χ0) is 14.8. The van der Waals surface area contributed by atoms with Gasteiger partial charge in [-0.05, 0) is 30.7 Å². The zero-order valence-corrected chi connectivity index (χ0v) is 12.8. The summed E-state index contributed by atoms with van der Waals surface area (Å²) in [5, 5.41) is 0.738. The summed E-state index contributed by atoms with van der Waals surface area (Å²) in [5.74, 6) is 2.53. The lowest BCUT2D eigenvalue weighted by Crippen LogP contribution is -2.02. The van der Waals surface area contributed by atoms with Crippen LogP contribution in [0, 0.1) is 0 Å². The summed E-state index contributed by atoms with van der Waals surface area (Å²) >= 11 is 5.96. The SMILES string of the molecule is CCOc1cc2c(cc1C(C)c1ccc(Cl)cc1)OCO2. The molecule has 110 valence electrons. The molecule has 4 heteroatoms. The van der Waals surface area contributed by atoms with E-state index in [4.69, 9.17) is 25.8 Å². The van der Waals surface area contributed by atoms with Crippen molar-refractivity contribution in [3.8, 4) is 17.2 Å². The first-order valence-corrected chi connectivity index (χ1v) is 7.38. The van der Waals surface area contributed by atoms with E-state index >= 15 is 0 Å². The van der Waals surface area contributed by atoms with Crippen molar-refractivity contribution < 1.29 is 14.2 Å². The molecule has 1 heterocycles. The summed E-state index contributed by atoms with van der Waals surface area (Å²) in [6.07, 6.45) is 0. The first-order chi connectivity index (χ1) is 10.2. The topological polar surface area (TPSA) is 27.7 Å². The molecule has 0 spiro atoms. The molecule has 0 fully saturated rings. The maximum Gasteiger partial charge on any atom is 0.231 e. The van der Waals surface area contributed by atoms with E-state index in [1.165, 1.54) is 5.56 Å². The molecule has 2 aromatic carbocycles. The smallest absolute Gasteiger partial charge is 0.231 e. The summed E-state index contributed by atoms with van der Waals surface area (Å²) in [5.41, 5.74) is 2.27. The van der Waals surface area contributed by atoms with Crippen molar-refractivity contribution in [2.45, 2.75) is 19.8 Å². The van der Waals surface area contributed by atoms with Gasteiger partial charge in [-0.3, -0.25) is 0 Å². The lowest BCUT2D eigenvalue weighted by atomic mass is 9.92. The molecule has 2 aromatic rings. The predicted molar refractivity (Wildman–Crippen MR) is 82.7 cm³/mol. The second-order valence-corrected chi connectivity index (χ2v) is 5.39. The molecule has 0 aromatic heterocycles. The lowest BCUT2D eigenvalue weighted by Gasteiger charge is -2.18. The number of ether oxygens (including phenoxy) is 3. The summed E-state index contributed by atoms with van der Waals surface area (Å²) in [7, 11) is 0. The molecule has 0 saturated carbocycles. The van der Waals surface area contributed by atoms with Crippen LogP contribution in [-0.2, 0) is 0 Å². The Morgan fingerprint density at radius 2 is 1.81 bits per heavy atom. The highest BCUT2D eigenvalue weighted by Gasteiger charge is 2.21. The molecule has 0 bridgehead atoms. The monoisotopic (exact) mass is 304 g/mol. The molecule has 21 heavy (non-hydrogen) atoms. The largest absolute Gasteiger partial charge is 0.493 e. The molecule has 3 nitrogen and oxygen atoms in total. The normalized spacial score (nSPS) is 14.0. The molecule has 1 atom stereocenters. The minimum Gasteiger partial charge on any atom is -0.493 e. The fraction of sp³-hybridized carbons (Fsp3) is 0.294. The highest BCUT2D eigenvalue weighted by Crippen LogP contribution is 2.42. The van der Waals surface area contributed by atoms with Crippen LogP contribution in [0.4, 0.5) is 0 Å². The Morgan fingerprint density at radius 1 is 1.14 bits per heavy atom. The van der Waals surface area contributed by atoms with Gasteiger partial charge in [-0.25, -0.2) is 0 Å². The summed E-state index contributed by atoms with van der Waals surface area (Å²) in [6, 6.07) is 11.8. The standard InChI is InChI=1S/C17H17ClO3/c1-3-19-15-9-17-16(20-10-21-17)8-14(15)11(2)12-4-6-13(18)7-5-12/h4-9,11H,3,10H2,1-2H3. The van der Waals surface area contributed by atoms with Gasteiger partial charge in [0.2, 0.25) is 6.79 Å². The third-order valence-electron chi connectivity index (χ3n) is 3.64. The Morgan fingerprint density at radius 3 is 2.48 bits per heavy atom. The molecular weight excluding hydrogens is 288 g/mol. The van der Waals surface area contributed by atoms with E-state index in [0.717, 1.165) is 27.8 Å². The van der Waals surface area contributed by atoms with Crippen molar-refractivity contribution in [2.24, 2.45) is 0 Å². The summed E-state index contributed by atoms with van der Waals surface area (Å²) in [6.45, 7) is 4.99. The van der Waals surface area contributed by atoms with Crippen LogP contribution in [0.3, 0.4) is 0 Å². The molecule has 1 unspecified atom stereocenters. The van der Waals surface area contributed by atoms with Gasteiger partial charge in [-0.1, -0.05) is 30.7 Å². The number of fused-ring (bicyclic) bond motifs is 1. The molecule has 1 aliphatic rings. The van der Waals surface area contributed by atoms with Crippen molar-refractivity contribution in [2.75, 3.05) is 13.4 Å². The third-order valence-corrected chi connectivity index (χ3v) is 3.89. The minimum atomic E-state index is 0.179. The van der Waals surface area contributed by atoms with Gasteiger partial charge in [0, 0.05) is 22.6 Å². The molecule has 1 aliphatic heterocycles. The van der Waals surface area contributed by atoms with Crippen LogP contribution >= 0.6 is 11.6 Å². The van der Waals surface area contributed by atoms with Gasteiger partial charge in [0.25, 0.3) is 0 Å². The number of hydrogen-bond donors (Lipinski definition) is 0. The van der Waals surface area contributed by atoms with E-state index in [0.29, 0.717) is 6.61 Å². The van der Waals surface area contributed by atoms with Gasteiger partial charge in [-0.15, -0.1) is 0 Å². The fourth-order valence-electron chi connectivity index (χ4n) is 2.49. The van der Waals surface area contributed by atoms with Crippen LogP contribution < -0.4 is 14.2 Å². The van der Waals surface area contributed by atoms with Crippen LogP contribution in [0.25, 0.3) is 0 Å². The first-order valence-electron chi connectivity index (χ1n) is 7.01. The summed E-state index contributed by atoms with van der Waals surface area (Å²) < 4.78 is 16.7. The van der Waals surface area contributed by atoms with Crippen molar-refractivity contribution >= 4 is 11.6 Å². The molecule has 0 amide bonds. The molecular formula is C17H17ClO3. The predicted octanol–water partition coefficient (Wildman–Crippen LogP) is 4.62. The van der Waals surface area contributed by atoms with Crippen molar-refractivity contribution in [1.82, 2.24) is 0 Å². The molecule has 0 N–H and O–H groups in total. The van der Waals surface area contributed by atoms with Gasteiger partial charge in [0.15, 0.2) is 11.5 Å². The minimum absolute atomic E-state index is 0.179. The lowest BCUT2D eigenvalue weighted by molar-refractivity contribution is 0.173. The van der Waals surface area contributed by atoms with Crippen LogP contribution in [0.2, 0.25) is 5.02 Å². The van der Waals surface area contributed by atoms with E-state index in [2.05, 4.69) is 6.92 Å². The quantitative estimate of drug-likeness (QED) is 0.825. The van der Waals surface area contributed by atoms with E-state index in [-0.39, 0.29) is 12.7 Å². The average molecular weight is 305 g/mol. The van der Waals surface area contributed by atoms with Crippen molar-refractivity contribution in [1.29, 1.82) is 0 Å². The zero-order valence-electron chi connectivity index (χ0n) is 12.1. The summed E-state index contributed by atoms with van der Waals surface area (Å²) in [4.78, 5) is 0. The van der Waals surface area contributed by atoms with Crippen LogP contribution in [0.5, 0.6) is 17.2 Å². The second kappa shape index (κ2) is 5.86. The Bertz CT molecular complexity index is 637. The fourth-order valence-corrected chi connectivity index (χ4v) is 2.61. The van der Waals surface area contributed by atoms with Gasteiger partial charge < -0.3 is 14.2 Å². The first kappa shape index (κ1) is 14.1. The molecule has 0 saturated heterocycles. The third kappa shape index (κ3) is 2.79. The van der Waals surface area contributed by atoms with Crippen molar-refractivity contribution in [3.63, 3.8) is 0 Å². The number of halogens is 1. The average Bonchev–Trinajstić information content (AvgIpc) is 2.94. The maximum atomic E-state index is 5.96. The Hall–Kier alpha value is -1.87. The van der Waals surface area contributed by atoms with E-state index in [1.807, 2.05) is 43.3 Å². The maximum absolute atomic E-state index is 5.96. The Kier molecular flexibility index (Phi) is 3.93. The number of benzene rings is 2. The van der Waals surface area contributed by atoms with Gasteiger partial charge in [0.05, 0.1) is 6.61 Å². The van der Waals surface area contributed by atoms with Gasteiger partial charge in [-0.2, -0.15) is 0 Å². The molecule has 3 rings (SSSR count). The van der Waals surface area contributed by atoms with E-state index in [9.17, 15) is 0 Å². The molecule has 0 radical (unpaired) electrons. The van der Waals surface area contributed by atoms with Crippen molar-refractivity contribution in [3.05, 3.63) is 52.5 Å². The van der Waals surface area contributed by atoms with Crippen LogP contribution in [0.15, 0.2) is 36.4 Å². The second-order valence-electron chi connectivity index (χ2n) is 4.95. The Labute approximate surface area is 129 Å². The highest BCUT2D eigenvalue weighted by molar-refractivity contribution is 6.30. The van der Waals surface area contributed by atoms with Gasteiger partial charge in [0.1, 0.15) is 5.75 Å². The number of rotatable bonds is 4. The Balaban J connectivity index is 2.01. The number of hydrogen-bond acceptors (Lipinski definition) is 3. The highest BCUT2D eigenvalue weighted by atomic mass is 35.5. The van der Waals surface area contributed by atoms with E-state index in [1.54, 1.807) is 0 Å². The van der Waals surface area contributed by atoms with Crippen LogP contribution in [0.1, 0.15) is 30.9 Å². The molecule has 0 aliphatic carbocycles.